The van der Waals surface area contributed by atoms with Gasteiger partial charge < -0.3 is 10.4 Å². The van der Waals surface area contributed by atoms with Crippen LogP contribution in [0.5, 0.6) is 0 Å². The molecule has 94 valence electrons. The molecule has 2 N–H and O–H groups in total. The SMILES string of the molecule is N#Cc1ccc(C(=O)NC2CCCC2CO)cc1. The minimum absolute atomic E-state index is 0.0677. The van der Waals surface area contributed by atoms with Crippen LogP contribution in [0.3, 0.4) is 0 Å². The van der Waals surface area contributed by atoms with E-state index in [4.69, 9.17) is 5.26 Å². The first kappa shape index (κ1) is 12.6. The molecule has 1 amide bonds. The zero-order chi connectivity index (χ0) is 13.0. The summed E-state index contributed by atoms with van der Waals surface area (Å²) in [4.78, 5) is 12.0. The standard InChI is InChI=1S/C14H16N2O2/c15-8-10-4-6-11(7-5-10)14(18)16-13-3-1-2-12(13)9-17/h4-7,12-13,17H,1-3,9H2,(H,16,18). The highest BCUT2D eigenvalue weighted by Gasteiger charge is 2.27. The second kappa shape index (κ2) is 5.65. The third kappa shape index (κ3) is 2.69. The molecule has 0 aromatic heterocycles. The van der Waals surface area contributed by atoms with Crippen molar-refractivity contribution in [2.45, 2.75) is 25.3 Å². The molecule has 0 radical (unpaired) electrons. The molecule has 2 rings (SSSR count). The Labute approximate surface area is 106 Å². The molecule has 1 aromatic carbocycles. The van der Waals surface area contributed by atoms with Crippen molar-refractivity contribution in [3.05, 3.63) is 35.4 Å². The van der Waals surface area contributed by atoms with E-state index in [2.05, 4.69) is 5.32 Å². The predicted octanol–water partition coefficient (Wildman–Crippen LogP) is 1.45. The van der Waals surface area contributed by atoms with Crippen LogP contribution >= 0.6 is 0 Å². The van der Waals surface area contributed by atoms with Crippen molar-refractivity contribution in [1.82, 2.24) is 5.32 Å². The maximum absolute atomic E-state index is 12.0. The van der Waals surface area contributed by atoms with E-state index >= 15 is 0 Å². The third-order valence-electron chi connectivity index (χ3n) is 3.49. The van der Waals surface area contributed by atoms with E-state index in [1.54, 1.807) is 24.3 Å². The zero-order valence-electron chi connectivity index (χ0n) is 10.1. The summed E-state index contributed by atoms with van der Waals surface area (Å²) in [5.41, 5.74) is 1.10. The van der Waals surface area contributed by atoms with Gasteiger partial charge in [-0.2, -0.15) is 5.26 Å². The van der Waals surface area contributed by atoms with Crippen molar-refractivity contribution < 1.29 is 9.90 Å². The molecule has 0 heterocycles. The van der Waals surface area contributed by atoms with E-state index in [0.717, 1.165) is 19.3 Å². The van der Waals surface area contributed by atoms with Gasteiger partial charge in [-0.1, -0.05) is 6.42 Å². The van der Waals surface area contributed by atoms with Crippen molar-refractivity contribution >= 4 is 5.91 Å². The lowest BCUT2D eigenvalue weighted by Crippen LogP contribution is -2.38. The number of amides is 1. The molecule has 0 bridgehead atoms. The molecule has 4 heteroatoms. The van der Waals surface area contributed by atoms with Gasteiger partial charge in [0, 0.05) is 24.1 Å². The summed E-state index contributed by atoms with van der Waals surface area (Å²) < 4.78 is 0. The van der Waals surface area contributed by atoms with Gasteiger partial charge in [-0.05, 0) is 37.1 Å². The first-order valence-electron chi connectivity index (χ1n) is 6.16. The van der Waals surface area contributed by atoms with Crippen LogP contribution in [0, 0.1) is 17.2 Å². The van der Waals surface area contributed by atoms with Crippen molar-refractivity contribution in [3.63, 3.8) is 0 Å². The van der Waals surface area contributed by atoms with E-state index in [1.165, 1.54) is 0 Å². The van der Waals surface area contributed by atoms with Crippen molar-refractivity contribution in [2.24, 2.45) is 5.92 Å². The van der Waals surface area contributed by atoms with Gasteiger partial charge in [-0.3, -0.25) is 4.79 Å². The van der Waals surface area contributed by atoms with Crippen LogP contribution in [-0.2, 0) is 0 Å². The maximum Gasteiger partial charge on any atom is 0.251 e. The average Bonchev–Trinajstić information content (AvgIpc) is 2.86. The van der Waals surface area contributed by atoms with E-state index in [-0.39, 0.29) is 24.5 Å². The molecule has 4 nitrogen and oxygen atoms in total. The number of carbonyl (C=O) groups is 1. The van der Waals surface area contributed by atoms with Crippen LogP contribution < -0.4 is 5.32 Å². The monoisotopic (exact) mass is 244 g/mol. The maximum atomic E-state index is 12.0. The average molecular weight is 244 g/mol. The molecule has 0 spiro atoms. The van der Waals surface area contributed by atoms with Crippen LogP contribution in [0.15, 0.2) is 24.3 Å². The van der Waals surface area contributed by atoms with Gasteiger partial charge in [0.15, 0.2) is 0 Å². The minimum atomic E-state index is -0.134. The van der Waals surface area contributed by atoms with Crippen LogP contribution in [0.4, 0.5) is 0 Å². The van der Waals surface area contributed by atoms with Gasteiger partial charge in [0.25, 0.3) is 5.91 Å². The van der Waals surface area contributed by atoms with E-state index < -0.39 is 0 Å². The highest BCUT2D eigenvalue weighted by atomic mass is 16.3. The van der Waals surface area contributed by atoms with E-state index in [1.807, 2.05) is 6.07 Å². The van der Waals surface area contributed by atoms with Gasteiger partial charge in [0.1, 0.15) is 0 Å². The fourth-order valence-corrected chi connectivity index (χ4v) is 2.39. The number of rotatable bonds is 3. The topological polar surface area (TPSA) is 73.1 Å². The first-order chi connectivity index (χ1) is 8.74. The quantitative estimate of drug-likeness (QED) is 0.845. The summed E-state index contributed by atoms with van der Waals surface area (Å²) in [6.45, 7) is 0.123. The van der Waals surface area contributed by atoms with Crippen molar-refractivity contribution in [2.75, 3.05) is 6.61 Å². The first-order valence-corrected chi connectivity index (χ1v) is 6.16. The van der Waals surface area contributed by atoms with Crippen molar-refractivity contribution in [3.8, 4) is 6.07 Å². The zero-order valence-corrected chi connectivity index (χ0v) is 10.1. The van der Waals surface area contributed by atoms with Crippen LogP contribution in [0.1, 0.15) is 35.2 Å². The lowest BCUT2D eigenvalue weighted by molar-refractivity contribution is 0.0916. The molecule has 1 aliphatic carbocycles. The van der Waals surface area contributed by atoms with Gasteiger partial charge in [-0.25, -0.2) is 0 Å². The second-order valence-corrected chi connectivity index (χ2v) is 4.64. The smallest absolute Gasteiger partial charge is 0.251 e. The van der Waals surface area contributed by atoms with E-state index in [0.29, 0.717) is 11.1 Å². The predicted molar refractivity (Wildman–Crippen MR) is 66.8 cm³/mol. The summed E-state index contributed by atoms with van der Waals surface area (Å²) in [5.74, 6) is 0.0390. The van der Waals surface area contributed by atoms with Gasteiger partial charge >= 0.3 is 0 Å². The third-order valence-corrected chi connectivity index (χ3v) is 3.49. The number of benzene rings is 1. The highest BCUT2D eigenvalue weighted by molar-refractivity contribution is 5.94. The summed E-state index contributed by atoms with van der Waals surface area (Å²) in [7, 11) is 0. The normalized spacial score (nSPS) is 22.4. The summed E-state index contributed by atoms with van der Waals surface area (Å²) in [6.07, 6.45) is 2.94. The van der Waals surface area contributed by atoms with Crippen LogP contribution in [0.25, 0.3) is 0 Å². The Morgan fingerprint density at radius 2 is 2.11 bits per heavy atom. The molecule has 0 saturated heterocycles. The number of nitriles is 1. The van der Waals surface area contributed by atoms with Gasteiger partial charge in [0.2, 0.25) is 0 Å². The molecule has 1 aromatic rings. The molecule has 1 saturated carbocycles. The molecular formula is C14H16N2O2. The summed E-state index contributed by atoms with van der Waals surface area (Å²) >= 11 is 0. The Bertz CT molecular complexity index is 462. The Morgan fingerprint density at radius 3 is 2.72 bits per heavy atom. The number of aliphatic hydroxyl groups excluding tert-OH is 1. The second-order valence-electron chi connectivity index (χ2n) is 4.64. The number of aliphatic hydroxyl groups is 1. The molecule has 18 heavy (non-hydrogen) atoms. The van der Waals surface area contributed by atoms with Gasteiger partial charge in [-0.15, -0.1) is 0 Å². The molecule has 0 aliphatic heterocycles. The Kier molecular flexibility index (Phi) is 3.96. The number of hydrogen-bond acceptors (Lipinski definition) is 3. The number of carbonyl (C=O) groups excluding carboxylic acids is 1. The molecule has 2 unspecified atom stereocenters. The highest BCUT2D eigenvalue weighted by Crippen LogP contribution is 2.25. The number of nitrogens with zero attached hydrogens (tertiary/aromatic N) is 1. The molecule has 1 fully saturated rings. The Balaban J connectivity index is 2.01. The van der Waals surface area contributed by atoms with Gasteiger partial charge in [0.05, 0.1) is 11.6 Å². The lowest BCUT2D eigenvalue weighted by Gasteiger charge is -2.18. The molecular weight excluding hydrogens is 228 g/mol. The molecule has 1 aliphatic rings. The summed E-state index contributed by atoms with van der Waals surface area (Å²) in [6, 6.07) is 8.65. The van der Waals surface area contributed by atoms with Crippen molar-refractivity contribution in [1.29, 1.82) is 5.26 Å². The minimum Gasteiger partial charge on any atom is -0.396 e. The van der Waals surface area contributed by atoms with E-state index in [9.17, 15) is 9.90 Å². The van der Waals surface area contributed by atoms with Crippen LogP contribution in [-0.4, -0.2) is 23.7 Å². The summed E-state index contributed by atoms with van der Waals surface area (Å²) in [5, 5.41) is 20.8. The van der Waals surface area contributed by atoms with Crippen LogP contribution in [0.2, 0.25) is 0 Å². The fraction of sp³-hybridized carbons (Fsp3) is 0.429. The fourth-order valence-electron chi connectivity index (χ4n) is 2.39. The number of hydrogen-bond donors (Lipinski definition) is 2. The Hall–Kier alpha value is -1.86. The molecule has 2 atom stereocenters. The largest absolute Gasteiger partial charge is 0.396 e. The lowest BCUT2D eigenvalue weighted by atomic mass is 10.0. The Morgan fingerprint density at radius 1 is 1.39 bits per heavy atom. The number of nitrogens with one attached hydrogen (secondary N) is 1.